The quantitative estimate of drug-likeness (QED) is 0.719. The standard InChI is InChI=1S/C12H8N2O4/c15-8-4-7(5-9(16)6-8)12-13-11(14-18-12)10-2-1-3-17-10/h1-6,15-16H. The minimum Gasteiger partial charge on any atom is -0.508 e. The molecule has 0 fully saturated rings. The normalized spacial score (nSPS) is 10.7. The van der Waals surface area contributed by atoms with Crippen molar-refractivity contribution in [3.63, 3.8) is 0 Å². The van der Waals surface area contributed by atoms with Crippen molar-refractivity contribution in [3.05, 3.63) is 36.6 Å². The lowest BCUT2D eigenvalue weighted by molar-refractivity contribution is 0.426. The number of benzene rings is 1. The fourth-order valence-electron chi connectivity index (χ4n) is 1.57. The zero-order valence-electron chi connectivity index (χ0n) is 9.07. The molecule has 6 nitrogen and oxygen atoms in total. The molecule has 2 heterocycles. The Morgan fingerprint density at radius 3 is 2.50 bits per heavy atom. The van der Waals surface area contributed by atoms with E-state index in [9.17, 15) is 10.2 Å². The Morgan fingerprint density at radius 1 is 1.06 bits per heavy atom. The van der Waals surface area contributed by atoms with Gasteiger partial charge in [0.2, 0.25) is 5.82 Å². The molecule has 0 aliphatic rings. The zero-order chi connectivity index (χ0) is 12.5. The number of hydrogen-bond donors (Lipinski definition) is 2. The molecule has 6 heteroatoms. The first-order valence-corrected chi connectivity index (χ1v) is 5.13. The third kappa shape index (κ3) is 1.80. The molecule has 0 saturated carbocycles. The summed E-state index contributed by atoms with van der Waals surface area (Å²) >= 11 is 0. The van der Waals surface area contributed by atoms with Crippen LogP contribution in [0.15, 0.2) is 45.5 Å². The van der Waals surface area contributed by atoms with Crippen LogP contribution in [0.2, 0.25) is 0 Å². The summed E-state index contributed by atoms with van der Waals surface area (Å²) in [4.78, 5) is 4.11. The predicted molar refractivity (Wildman–Crippen MR) is 60.8 cm³/mol. The molecular formula is C12H8N2O4. The van der Waals surface area contributed by atoms with Crippen LogP contribution in [0.4, 0.5) is 0 Å². The molecule has 0 aliphatic heterocycles. The van der Waals surface area contributed by atoms with E-state index in [-0.39, 0.29) is 17.4 Å². The molecule has 0 saturated heterocycles. The molecule has 1 aromatic carbocycles. The predicted octanol–water partition coefficient (Wildman–Crippen LogP) is 2.41. The minimum atomic E-state index is -0.0808. The van der Waals surface area contributed by atoms with Crippen LogP contribution in [0, 0.1) is 0 Å². The van der Waals surface area contributed by atoms with Crippen molar-refractivity contribution >= 4 is 0 Å². The molecule has 0 unspecified atom stereocenters. The van der Waals surface area contributed by atoms with Gasteiger partial charge in [-0.2, -0.15) is 4.98 Å². The lowest BCUT2D eigenvalue weighted by Gasteiger charge is -1.97. The van der Waals surface area contributed by atoms with Crippen molar-refractivity contribution < 1.29 is 19.2 Å². The number of phenolic OH excluding ortho intramolecular Hbond substituents is 2. The second kappa shape index (κ2) is 3.92. The lowest BCUT2D eigenvalue weighted by atomic mass is 10.2. The van der Waals surface area contributed by atoms with E-state index in [1.54, 1.807) is 12.1 Å². The molecule has 0 atom stereocenters. The summed E-state index contributed by atoms with van der Waals surface area (Å²) in [7, 11) is 0. The summed E-state index contributed by atoms with van der Waals surface area (Å²) in [6, 6.07) is 7.46. The Balaban J connectivity index is 2.03. The van der Waals surface area contributed by atoms with Crippen molar-refractivity contribution in [3.8, 4) is 34.5 Å². The molecule has 3 rings (SSSR count). The third-order valence-electron chi connectivity index (χ3n) is 2.32. The lowest BCUT2D eigenvalue weighted by Crippen LogP contribution is -1.79. The number of nitrogens with zero attached hydrogens (tertiary/aromatic N) is 2. The number of rotatable bonds is 2. The second-order valence-electron chi connectivity index (χ2n) is 3.64. The second-order valence-corrected chi connectivity index (χ2v) is 3.64. The molecule has 0 aliphatic carbocycles. The van der Waals surface area contributed by atoms with E-state index >= 15 is 0 Å². The molecule has 90 valence electrons. The maximum atomic E-state index is 9.38. The van der Waals surface area contributed by atoms with Gasteiger partial charge in [0.25, 0.3) is 5.89 Å². The van der Waals surface area contributed by atoms with Crippen LogP contribution in [0.3, 0.4) is 0 Å². The highest BCUT2D eigenvalue weighted by Crippen LogP contribution is 2.28. The van der Waals surface area contributed by atoms with Gasteiger partial charge in [0.1, 0.15) is 11.5 Å². The van der Waals surface area contributed by atoms with Gasteiger partial charge in [-0.1, -0.05) is 5.16 Å². The molecule has 0 radical (unpaired) electrons. The van der Waals surface area contributed by atoms with E-state index in [2.05, 4.69) is 10.1 Å². The Kier molecular flexibility index (Phi) is 2.26. The van der Waals surface area contributed by atoms with Gasteiger partial charge in [-0.15, -0.1) is 0 Å². The minimum absolute atomic E-state index is 0.0808. The number of aromatic nitrogens is 2. The van der Waals surface area contributed by atoms with Crippen LogP contribution in [0.25, 0.3) is 23.0 Å². The summed E-state index contributed by atoms with van der Waals surface area (Å²) in [5.41, 5.74) is 0.429. The van der Waals surface area contributed by atoms with Crippen molar-refractivity contribution in [2.45, 2.75) is 0 Å². The number of aromatic hydroxyl groups is 2. The van der Waals surface area contributed by atoms with Gasteiger partial charge in [0, 0.05) is 11.6 Å². The van der Waals surface area contributed by atoms with Gasteiger partial charge < -0.3 is 19.2 Å². The van der Waals surface area contributed by atoms with Gasteiger partial charge in [-0.3, -0.25) is 0 Å². The summed E-state index contributed by atoms with van der Waals surface area (Å²) in [6.07, 6.45) is 1.51. The van der Waals surface area contributed by atoms with Crippen LogP contribution in [-0.2, 0) is 0 Å². The Morgan fingerprint density at radius 2 is 1.83 bits per heavy atom. The average Bonchev–Trinajstić information content (AvgIpc) is 2.99. The molecule has 18 heavy (non-hydrogen) atoms. The van der Waals surface area contributed by atoms with Crippen molar-refractivity contribution in [1.29, 1.82) is 0 Å². The number of furan rings is 1. The molecule has 2 N–H and O–H groups in total. The molecule has 0 amide bonds. The first-order chi connectivity index (χ1) is 8.72. The van der Waals surface area contributed by atoms with Gasteiger partial charge >= 0.3 is 0 Å². The highest BCUT2D eigenvalue weighted by atomic mass is 16.5. The van der Waals surface area contributed by atoms with Crippen molar-refractivity contribution in [2.24, 2.45) is 0 Å². The van der Waals surface area contributed by atoms with Crippen LogP contribution >= 0.6 is 0 Å². The first kappa shape index (κ1) is 10.4. The summed E-state index contributed by atoms with van der Waals surface area (Å²) in [6.45, 7) is 0. The van der Waals surface area contributed by atoms with Crippen LogP contribution in [0.5, 0.6) is 11.5 Å². The summed E-state index contributed by atoms with van der Waals surface area (Å²) in [5, 5.41) is 22.5. The Labute approximate surface area is 101 Å². The van der Waals surface area contributed by atoms with Crippen molar-refractivity contribution in [2.75, 3.05) is 0 Å². The molecule has 0 spiro atoms. The molecule has 3 aromatic rings. The Hall–Kier alpha value is -2.76. The van der Waals surface area contributed by atoms with Gasteiger partial charge in [-0.05, 0) is 24.3 Å². The Bertz CT molecular complexity index is 653. The van der Waals surface area contributed by atoms with E-state index in [0.29, 0.717) is 17.1 Å². The van der Waals surface area contributed by atoms with E-state index in [4.69, 9.17) is 8.94 Å². The smallest absolute Gasteiger partial charge is 0.258 e. The highest BCUT2D eigenvalue weighted by Gasteiger charge is 2.13. The largest absolute Gasteiger partial charge is 0.508 e. The zero-order valence-corrected chi connectivity index (χ0v) is 9.07. The first-order valence-electron chi connectivity index (χ1n) is 5.13. The van der Waals surface area contributed by atoms with Crippen LogP contribution in [0.1, 0.15) is 0 Å². The SMILES string of the molecule is Oc1cc(O)cc(-c2nc(-c3ccco3)no2)c1. The molecule has 2 aromatic heterocycles. The molecule has 0 bridgehead atoms. The fourth-order valence-corrected chi connectivity index (χ4v) is 1.57. The number of phenols is 2. The van der Waals surface area contributed by atoms with E-state index in [0.717, 1.165) is 0 Å². The van der Waals surface area contributed by atoms with E-state index < -0.39 is 0 Å². The monoisotopic (exact) mass is 244 g/mol. The van der Waals surface area contributed by atoms with E-state index in [1.807, 2.05) is 0 Å². The van der Waals surface area contributed by atoms with Gasteiger partial charge in [0.15, 0.2) is 5.76 Å². The fraction of sp³-hybridized carbons (Fsp3) is 0. The topological polar surface area (TPSA) is 92.5 Å². The summed E-state index contributed by atoms with van der Waals surface area (Å²) < 4.78 is 10.2. The molecular weight excluding hydrogens is 236 g/mol. The summed E-state index contributed by atoms with van der Waals surface area (Å²) in [5.74, 6) is 0.810. The maximum absolute atomic E-state index is 9.38. The van der Waals surface area contributed by atoms with Gasteiger partial charge in [0.05, 0.1) is 6.26 Å². The van der Waals surface area contributed by atoms with Crippen molar-refractivity contribution in [1.82, 2.24) is 10.1 Å². The van der Waals surface area contributed by atoms with Gasteiger partial charge in [-0.25, -0.2) is 0 Å². The van der Waals surface area contributed by atoms with Crippen LogP contribution < -0.4 is 0 Å². The van der Waals surface area contributed by atoms with Crippen LogP contribution in [-0.4, -0.2) is 20.4 Å². The maximum Gasteiger partial charge on any atom is 0.258 e. The third-order valence-corrected chi connectivity index (χ3v) is 2.32. The average molecular weight is 244 g/mol. The highest BCUT2D eigenvalue weighted by molar-refractivity contribution is 5.60. The van der Waals surface area contributed by atoms with E-state index in [1.165, 1.54) is 24.5 Å². The number of hydrogen-bond acceptors (Lipinski definition) is 6.